The summed E-state index contributed by atoms with van der Waals surface area (Å²) in [6, 6.07) is -1.54. The van der Waals surface area contributed by atoms with Crippen molar-refractivity contribution in [3.8, 4) is 0 Å². The first-order valence-electron chi connectivity index (χ1n) is 2.19. The molecule has 0 rings (SSSR count). The molecule has 0 spiro atoms. The maximum Gasteiger partial charge on any atom is 0.302 e. The molecule has 0 saturated heterocycles. The SMILES string of the molecule is [NH-][C@H](CC(=O)O)C(=O)O.[Y]. The van der Waals surface area contributed by atoms with Gasteiger partial charge in [-0.15, -0.1) is 0 Å². The third kappa shape index (κ3) is 6.13. The van der Waals surface area contributed by atoms with Crippen LogP contribution in [0.4, 0.5) is 0 Å². The number of carboxylic acid groups (broad SMARTS) is 2. The zero-order valence-electron chi connectivity index (χ0n) is 5.07. The topological polar surface area (TPSA) is 98.4 Å². The smallest absolute Gasteiger partial charge is 0.302 e. The summed E-state index contributed by atoms with van der Waals surface area (Å²) < 4.78 is 0. The standard InChI is InChI=1S/C4H6NO4.Y/c5-2(4(8)9)1-3(6)7;/h2,5H,1H2,(H,6,7)(H,8,9);/q-1;/t2-;/m1./s1. The Balaban J connectivity index is 0. The van der Waals surface area contributed by atoms with Gasteiger partial charge in [-0.2, -0.15) is 0 Å². The molecule has 3 N–H and O–H groups in total. The maximum absolute atomic E-state index is 9.78. The van der Waals surface area contributed by atoms with Crippen molar-refractivity contribution in [3.63, 3.8) is 0 Å². The summed E-state index contributed by atoms with van der Waals surface area (Å²) in [4.78, 5) is 19.5. The van der Waals surface area contributed by atoms with Crippen LogP contribution < -0.4 is 0 Å². The summed E-state index contributed by atoms with van der Waals surface area (Å²) in [7, 11) is 0. The zero-order chi connectivity index (χ0) is 7.44. The van der Waals surface area contributed by atoms with E-state index in [1.165, 1.54) is 0 Å². The molecule has 1 atom stereocenters. The second-order valence-corrected chi connectivity index (χ2v) is 1.49. The second kappa shape index (κ2) is 5.76. The quantitative estimate of drug-likeness (QED) is 0.698. The van der Waals surface area contributed by atoms with Crippen LogP contribution in [0.5, 0.6) is 0 Å². The van der Waals surface area contributed by atoms with Gasteiger partial charge in [0.05, 0.1) is 0 Å². The van der Waals surface area contributed by atoms with E-state index in [1.807, 2.05) is 0 Å². The Morgan fingerprint density at radius 1 is 1.40 bits per heavy atom. The van der Waals surface area contributed by atoms with Crippen molar-refractivity contribution < 1.29 is 52.5 Å². The molecule has 55 valence electrons. The molecular formula is C4H6NO4Y-. The molecule has 0 aliphatic heterocycles. The van der Waals surface area contributed by atoms with Crippen molar-refractivity contribution in [2.24, 2.45) is 0 Å². The van der Waals surface area contributed by atoms with Gasteiger partial charge < -0.3 is 15.9 Å². The van der Waals surface area contributed by atoms with Crippen LogP contribution in [0.3, 0.4) is 0 Å². The number of hydrogen-bond acceptors (Lipinski definition) is 2. The Hall–Kier alpha value is 0.00390. The van der Waals surface area contributed by atoms with Crippen molar-refractivity contribution >= 4 is 11.9 Å². The summed E-state index contributed by atoms with van der Waals surface area (Å²) in [6.45, 7) is 0. The summed E-state index contributed by atoms with van der Waals surface area (Å²) in [5.74, 6) is -2.67. The fourth-order valence-electron chi connectivity index (χ4n) is 0.262. The van der Waals surface area contributed by atoms with Crippen LogP contribution >= 0.6 is 0 Å². The summed E-state index contributed by atoms with van der Waals surface area (Å²) >= 11 is 0. The van der Waals surface area contributed by atoms with Gasteiger partial charge in [-0.1, -0.05) is 0 Å². The first-order valence-corrected chi connectivity index (χ1v) is 2.19. The number of carbonyl (C=O) groups is 2. The van der Waals surface area contributed by atoms with Crippen LogP contribution in [0.15, 0.2) is 0 Å². The predicted molar refractivity (Wildman–Crippen MR) is 28.0 cm³/mol. The molecule has 1 radical (unpaired) electrons. The number of hydrogen-bond donors (Lipinski definition) is 2. The molecule has 5 nitrogen and oxygen atoms in total. The first-order chi connectivity index (χ1) is 4.04. The van der Waals surface area contributed by atoms with Gasteiger partial charge in [0.2, 0.25) is 0 Å². The van der Waals surface area contributed by atoms with Crippen molar-refractivity contribution in [1.82, 2.24) is 0 Å². The third-order valence-corrected chi connectivity index (χ3v) is 0.677. The van der Waals surface area contributed by atoms with E-state index in [0.717, 1.165) is 0 Å². The maximum atomic E-state index is 9.78. The monoisotopic (exact) mass is 221 g/mol. The van der Waals surface area contributed by atoms with Gasteiger partial charge in [-0.25, -0.2) is 0 Å². The largest absolute Gasteiger partial charge is 0.665 e. The average Bonchev–Trinajstić information content (AvgIpc) is 1.63. The average molecular weight is 221 g/mol. The molecule has 0 fully saturated rings. The van der Waals surface area contributed by atoms with Crippen molar-refractivity contribution in [3.05, 3.63) is 5.73 Å². The van der Waals surface area contributed by atoms with Crippen LogP contribution in [0, 0.1) is 0 Å². The number of carboxylic acids is 2. The summed E-state index contributed by atoms with van der Waals surface area (Å²) in [5.41, 5.74) is 6.58. The zero-order valence-corrected chi connectivity index (χ0v) is 7.91. The molecule has 0 amide bonds. The minimum absolute atomic E-state index is 0. The van der Waals surface area contributed by atoms with Gasteiger partial charge in [0, 0.05) is 39.1 Å². The van der Waals surface area contributed by atoms with Crippen molar-refractivity contribution in [2.45, 2.75) is 12.5 Å². The molecular weight excluding hydrogens is 215 g/mol. The minimum Gasteiger partial charge on any atom is -0.665 e. The molecule has 0 aromatic heterocycles. The molecule has 0 aromatic carbocycles. The number of aliphatic carboxylic acids is 2. The van der Waals surface area contributed by atoms with Gasteiger partial charge in [-0.05, 0) is 6.04 Å². The molecule has 0 bridgehead atoms. The van der Waals surface area contributed by atoms with E-state index in [9.17, 15) is 9.59 Å². The van der Waals surface area contributed by atoms with E-state index < -0.39 is 24.4 Å². The molecule has 0 aliphatic rings. The Morgan fingerprint density at radius 3 is 1.90 bits per heavy atom. The van der Waals surface area contributed by atoms with Crippen LogP contribution in [-0.4, -0.2) is 28.2 Å². The molecule has 0 heterocycles. The molecule has 0 aliphatic carbocycles. The van der Waals surface area contributed by atoms with Crippen LogP contribution in [0.25, 0.3) is 5.73 Å². The van der Waals surface area contributed by atoms with Crippen molar-refractivity contribution in [1.29, 1.82) is 0 Å². The molecule has 6 heteroatoms. The van der Waals surface area contributed by atoms with Crippen LogP contribution in [0.1, 0.15) is 6.42 Å². The fourth-order valence-corrected chi connectivity index (χ4v) is 0.262. The summed E-state index contributed by atoms with van der Waals surface area (Å²) in [5, 5.41) is 15.9. The van der Waals surface area contributed by atoms with E-state index >= 15 is 0 Å². The van der Waals surface area contributed by atoms with Gasteiger partial charge in [0.1, 0.15) is 0 Å². The van der Waals surface area contributed by atoms with E-state index in [1.54, 1.807) is 0 Å². The van der Waals surface area contributed by atoms with Crippen LogP contribution in [-0.2, 0) is 42.3 Å². The van der Waals surface area contributed by atoms with E-state index in [-0.39, 0.29) is 32.7 Å². The second-order valence-electron chi connectivity index (χ2n) is 1.49. The first kappa shape index (κ1) is 12.7. The van der Waals surface area contributed by atoms with Crippen molar-refractivity contribution in [2.75, 3.05) is 0 Å². The predicted octanol–water partition coefficient (Wildman–Crippen LogP) is -0.0360. The molecule has 10 heavy (non-hydrogen) atoms. The van der Waals surface area contributed by atoms with Crippen LogP contribution in [0.2, 0.25) is 0 Å². The Kier molecular flexibility index (Phi) is 7.30. The van der Waals surface area contributed by atoms with E-state index in [4.69, 9.17) is 15.9 Å². The minimum atomic E-state index is -1.54. The van der Waals surface area contributed by atoms with E-state index in [2.05, 4.69) is 0 Å². The van der Waals surface area contributed by atoms with Gasteiger partial charge in [-0.3, -0.25) is 9.59 Å². The Morgan fingerprint density at radius 2 is 1.80 bits per heavy atom. The van der Waals surface area contributed by atoms with Gasteiger partial charge >= 0.3 is 5.97 Å². The van der Waals surface area contributed by atoms with Gasteiger partial charge in [0.25, 0.3) is 5.97 Å². The molecule has 0 unspecified atom stereocenters. The molecule has 0 aromatic rings. The summed E-state index contributed by atoms with van der Waals surface area (Å²) in [6.07, 6.45) is -0.644. The van der Waals surface area contributed by atoms with E-state index in [0.29, 0.717) is 0 Å². The number of rotatable bonds is 3. The Bertz CT molecular complexity index is 137. The normalized spacial score (nSPS) is 11.3. The Labute approximate surface area is 82.5 Å². The van der Waals surface area contributed by atoms with Gasteiger partial charge in [0.15, 0.2) is 0 Å². The fraction of sp³-hybridized carbons (Fsp3) is 0.500. The third-order valence-electron chi connectivity index (χ3n) is 0.677. The molecule has 0 saturated carbocycles. The number of nitrogens with one attached hydrogen (secondary N) is 1.